The van der Waals surface area contributed by atoms with Crippen molar-refractivity contribution in [1.29, 1.82) is 0 Å². The Bertz CT molecular complexity index is 294. The van der Waals surface area contributed by atoms with E-state index in [1.165, 1.54) is 18.4 Å². The normalized spacial score (nSPS) is 19.8. The second-order valence-corrected chi connectivity index (χ2v) is 6.29. The van der Waals surface area contributed by atoms with Crippen LogP contribution in [0.1, 0.15) is 18.4 Å². The Morgan fingerprint density at radius 3 is 2.94 bits per heavy atom. The maximum absolute atomic E-state index is 5.44. The highest BCUT2D eigenvalue weighted by atomic mass is 32.2. The van der Waals surface area contributed by atoms with Gasteiger partial charge in [-0.2, -0.15) is 23.1 Å². The van der Waals surface area contributed by atoms with Crippen molar-refractivity contribution in [3.63, 3.8) is 0 Å². The van der Waals surface area contributed by atoms with Crippen LogP contribution in [0.25, 0.3) is 0 Å². The summed E-state index contributed by atoms with van der Waals surface area (Å²) >= 11 is 3.76. The first-order valence-electron chi connectivity index (χ1n) is 5.69. The van der Waals surface area contributed by atoms with Gasteiger partial charge in [-0.25, -0.2) is 0 Å². The monoisotopic (exact) mass is 257 g/mol. The van der Waals surface area contributed by atoms with E-state index in [0.717, 1.165) is 26.3 Å². The molecule has 1 saturated heterocycles. The van der Waals surface area contributed by atoms with Gasteiger partial charge in [-0.15, -0.1) is 0 Å². The molecule has 4 heteroatoms. The van der Waals surface area contributed by atoms with Crippen LogP contribution in [0.5, 0.6) is 0 Å². The molecule has 2 nitrogen and oxygen atoms in total. The summed E-state index contributed by atoms with van der Waals surface area (Å²) in [6.07, 6.45) is 4.56. The molecule has 0 unspecified atom stereocenters. The van der Waals surface area contributed by atoms with Crippen molar-refractivity contribution in [1.82, 2.24) is 5.32 Å². The predicted molar refractivity (Wildman–Crippen MR) is 72.3 cm³/mol. The number of thiophene rings is 1. The molecular weight excluding hydrogens is 238 g/mol. The Hall–Kier alpha value is -0.0300. The molecule has 1 aliphatic rings. The number of rotatable bonds is 5. The van der Waals surface area contributed by atoms with E-state index < -0.39 is 0 Å². The van der Waals surface area contributed by atoms with E-state index in [-0.39, 0.29) is 0 Å². The van der Waals surface area contributed by atoms with Gasteiger partial charge in [0.2, 0.25) is 0 Å². The summed E-state index contributed by atoms with van der Waals surface area (Å²) in [5.74, 6) is 0. The Morgan fingerprint density at radius 2 is 2.31 bits per heavy atom. The predicted octanol–water partition coefficient (Wildman–Crippen LogP) is 2.75. The third-order valence-corrected chi connectivity index (χ3v) is 5.34. The molecule has 2 rings (SSSR count). The molecule has 0 aliphatic carbocycles. The second kappa shape index (κ2) is 6.05. The van der Waals surface area contributed by atoms with Crippen LogP contribution in [0.2, 0.25) is 0 Å². The fraction of sp³-hybridized carbons (Fsp3) is 0.667. The largest absolute Gasteiger partial charge is 0.381 e. The first-order chi connectivity index (χ1) is 7.85. The van der Waals surface area contributed by atoms with Crippen LogP contribution in [0, 0.1) is 0 Å². The molecular formula is C12H19NOS2. The number of nitrogens with one attached hydrogen (secondary N) is 1. The smallest absolute Gasteiger partial charge is 0.0479 e. The molecule has 1 aromatic rings. The van der Waals surface area contributed by atoms with Gasteiger partial charge in [-0.1, -0.05) is 0 Å². The molecule has 0 atom stereocenters. The molecule has 1 aromatic heterocycles. The highest BCUT2D eigenvalue weighted by Gasteiger charge is 2.31. The summed E-state index contributed by atoms with van der Waals surface area (Å²) in [4.78, 5) is 0. The first-order valence-corrected chi connectivity index (χ1v) is 7.86. The Kier molecular flexibility index (Phi) is 4.70. The zero-order valence-electron chi connectivity index (χ0n) is 9.70. The number of thioether (sulfide) groups is 1. The minimum atomic E-state index is 0.397. The average molecular weight is 257 g/mol. The maximum atomic E-state index is 5.44. The van der Waals surface area contributed by atoms with E-state index in [9.17, 15) is 0 Å². The van der Waals surface area contributed by atoms with Gasteiger partial charge in [0.15, 0.2) is 0 Å². The van der Waals surface area contributed by atoms with Crippen LogP contribution in [0.3, 0.4) is 0 Å². The molecule has 1 N–H and O–H groups in total. The molecule has 1 aliphatic heterocycles. The van der Waals surface area contributed by atoms with Gasteiger partial charge < -0.3 is 10.1 Å². The van der Waals surface area contributed by atoms with Crippen molar-refractivity contribution in [3.05, 3.63) is 22.4 Å². The fourth-order valence-corrected chi connectivity index (χ4v) is 3.51. The van der Waals surface area contributed by atoms with E-state index in [4.69, 9.17) is 4.74 Å². The maximum Gasteiger partial charge on any atom is 0.0479 e. The van der Waals surface area contributed by atoms with Gasteiger partial charge >= 0.3 is 0 Å². The van der Waals surface area contributed by atoms with Gasteiger partial charge in [0.05, 0.1) is 0 Å². The average Bonchev–Trinajstić information content (AvgIpc) is 2.83. The minimum absolute atomic E-state index is 0.397. The number of hydrogen-bond donors (Lipinski definition) is 1. The Balaban J connectivity index is 1.78. The van der Waals surface area contributed by atoms with Gasteiger partial charge in [-0.05, 0) is 41.5 Å². The molecule has 2 heterocycles. The summed E-state index contributed by atoms with van der Waals surface area (Å²) in [6.45, 7) is 3.92. The summed E-state index contributed by atoms with van der Waals surface area (Å²) in [5, 5.41) is 7.93. The summed E-state index contributed by atoms with van der Waals surface area (Å²) in [6, 6.07) is 2.19. The van der Waals surface area contributed by atoms with Crippen LogP contribution in [-0.4, -0.2) is 30.8 Å². The number of hydrogen-bond acceptors (Lipinski definition) is 4. The van der Waals surface area contributed by atoms with Crippen molar-refractivity contribution in [2.75, 3.05) is 26.0 Å². The van der Waals surface area contributed by atoms with Crippen LogP contribution < -0.4 is 5.32 Å². The molecule has 0 aromatic carbocycles. The van der Waals surface area contributed by atoms with Crippen LogP contribution >= 0.6 is 23.1 Å². The lowest BCUT2D eigenvalue weighted by Gasteiger charge is -2.35. The SMILES string of the molecule is CSC1(CNCc2ccsc2)CCOCC1. The Morgan fingerprint density at radius 1 is 1.50 bits per heavy atom. The highest BCUT2D eigenvalue weighted by molar-refractivity contribution is 8.00. The second-order valence-electron chi connectivity index (χ2n) is 4.23. The zero-order valence-corrected chi connectivity index (χ0v) is 11.3. The summed E-state index contributed by atoms with van der Waals surface area (Å²) in [5.41, 5.74) is 1.40. The van der Waals surface area contributed by atoms with Crippen molar-refractivity contribution in [2.45, 2.75) is 24.1 Å². The molecule has 90 valence electrons. The lowest BCUT2D eigenvalue weighted by atomic mass is 9.99. The zero-order chi connectivity index (χ0) is 11.3. The van der Waals surface area contributed by atoms with E-state index in [1.54, 1.807) is 11.3 Å². The highest BCUT2D eigenvalue weighted by Crippen LogP contribution is 2.33. The van der Waals surface area contributed by atoms with Gasteiger partial charge in [-0.3, -0.25) is 0 Å². The van der Waals surface area contributed by atoms with Crippen molar-refractivity contribution in [3.8, 4) is 0 Å². The van der Waals surface area contributed by atoms with Crippen molar-refractivity contribution >= 4 is 23.1 Å². The van der Waals surface area contributed by atoms with E-state index in [2.05, 4.69) is 28.4 Å². The lowest BCUT2D eigenvalue weighted by molar-refractivity contribution is 0.0772. The van der Waals surface area contributed by atoms with Crippen molar-refractivity contribution in [2.24, 2.45) is 0 Å². The molecule has 0 saturated carbocycles. The van der Waals surface area contributed by atoms with E-state index in [0.29, 0.717) is 4.75 Å². The topological polar surface area (TPSA) is 21.3 Å². The van der Waals surface area contributed by atoms with Crippen molar-refractivity contribution < 1.29 is 4.74 Å². The Labute approximate surface area is 106 Å². The molecule has 1 fully saturated rings. The fourth-order valence-electron chi connectivity index (χ4n) is 2.02. The van der Waals surface area contributed by atoms with Crippen LogP contribution in [-0.2, 0) is 11.3 Å². The summed E-state index contributed by atoms with van der Waals surface area (Å²) in [7, 11) is 0. The standard InChI is InChI=1S/C12H19NOS2/c1-15-12(3-5-14-6-4-12)10-13-8-11-2-7-16-9-11/h2,7,9,13H,3-6,8,10H2,1H3. The van der Waals surface area contributed by atoms with E-state index >= 15 is 0 Å². The van der Waals surface area contributed by atoms with Crippen LogP contribution in [0.4, 0.5) is 0 Å². The molecule has 16 heavy (non-hydrogen) atoms. The quantitative estimate of drug-likeness (QED) is 0.876. The first kappa shape index (κ1) is 12.4. The van der Waals surface area contributed by atoms with Gasteiger partial charge in [0.25, 0.3) is 0 Å². The number of ether oxygens (including phenoxy) is 1. The third kappa shape index (κ3) is 3.23. The molecule has 0 amide bonds. The third-order valence-electron chi connectivity index (χ3n) is 3.19. The molecule has 0 spiro atoms. The van der Waals surface area contributed by atoms with Crippen LogP contribution in [0.15, 0.2) is 16.8 Å². The lowest BCUT2D eigenvalue weighted by Crippen LogP contribution is -2.42. The van der Waals surface area contributed by atoms with Gasteiger partial charge in [0.1, 0.15) is 0 Å². The van der Waals surface area contributed by atoms with Gasteiger partial charge in [0, 0.05) is 31.1 Å². The molecule has 0 radical (unpaired) electrons. The van der Waals surface area contributed by atoms with E-state index in [1.807, 2.05) is 11.8 Å². The summed E-state index contributed by atoms with van der Waals surface area (Å²) < 4.78 is 5.84. The molecule has 0 bridgehead atoms. The minimum Gasteiger partial charge on any atom is -0.381 e.